The molecule has 0 aromatic heterocycles. The summed E-state index contributed by atoms with van der Waals surface area (Å²) in [6.45, 7) is 1.12. The lowest BCUT2D eigenvalue weighted by Crippen LogP contribution is -2.42. The molecule has 0 heterocycles. The van der Waals surface area contributed by atoms with Gasteiger partial charge in [0, 0.05) is 6.04 Å². The van der Waals surface area contributed by atoms with Crippen LogP contribution in [0.2, 0.25) is 0 Å². The van der Waals surface area contributed by atoms with Crippen molar-refractivity contribution in [3.63, 3.8) is 0 Å². The van der Waals surface area contributed by atoms with Gasteiger partial charge in [-0.15, -0.1) is 0 Å². The molecule has 82 valence electrons. The minimum absolute atomic E-state index is 0.0786. The molecule has 0 radical (unpaired) electrons. The normalized spacial score (nSPS) is 34.1. The van der Waals surface area contributed by atoms with Crippen LogP contribution in [0.5, 0.6) is 0 Å². The molecule has 0 spiro atoms. The van der Waals surface area contributed by atoms with Gasteiger partial charge in [-0.1, -0.05) is 32.1 Å². The number of nitrogens with one attached hydrogen (secondary N) is 1. The predicted octanol–water partition coefficient (Wildman–Crippen LogP) is 2.07. The van der Waals surface area contributed by atoms with Crippen molar-refractivity contribution in [3.8, 4) is 0 Å². The van der Waals surface area contributed by atoms with E-state index in [0.717, 1.165) is 18.9 Å². The van der Waals surface area contributed by atoms with E-state index >= 15 is 0 Å². The number of hydrogen-bond acceptors (Lipinski definition) is 2. The highest BCUT2D eigenvalue weighted by Crippen LogP contribution is 2.29. The third-order valence-electron chi connectivity index (χ3n) is 3.91. The van der Waals surface area contributed by atoms with E-state index in [1.54, 1.807) is 0 Å². The van der Waals surface area contributed by atoms with Crippen LogP contribution in [-0.4, -0.2) is 23.8 Å². The zero-order chi connectivity index (χ0) is 9.80. The van der Waals surface area contributed by atoms with E-state index in [1.165, 1.54) is 44.9 Å². The van der Waals surface area contributed by atoms with Crippen molar-refractivity contribution < 1.29 is 5.11 Å². The molecule has 14 heavy (non-hydrogen) atoms. The quantitative estimate of drug-likeness (QED) is 0.723. The Labute approximate surface area is 87.1 Å². The summed E-state index contributed by atoms with van der Waals surface area (Å²) in [5.74, 6) is 0.989. The number of hydrogen-bond donors (Lipinski definition) is 2. The van der Waals surface area contributed by atoms with Crippen LogP contribution in [0.1, 0.15) is 51.4 Å². The number of aliphatic hydroxyl groups is 1. The summed E-state index contributed by atoms with van der Waals surface area (Å²) in [7, 11) is 0. The SMILES string of the molecule is OC1CCCCC1NCCC1CCC1. The van der Waals surface area contributed by atoms with Gasteiger partial charge in [-0.25, -0.2) is 0 Å². The van der Waals surface area contributed by atoms with Gasteiger partial charge in [-0.2, -0.15) is 0 Å². The van der Waals surface area contributed by atoms with Crippen molar-refractivity contribution in [1.29, 1.82) is 0 Å². The summed E-state index contributed by atoms with van der Waals surface area (Å²) in [6, 6.07) is 0.392. The Balaban J connectivity index is 1.58. The fourth-order valence-corrected chi connectivity index (χ4v) is 2.60. The second-order valence-electron chi connectivity index (χ2n) is 5.00. The van der Waals surface area contributed by atoms with E-state index < -0.39 is 0 Å². The molecule has 2 atom stereocenters. The Morgan fingerprint density at radius 2 is 1.79 bits per heavy atom. The Kier molecular flexibility index (Phi) is 3.82. The van der Waals surface area contributed by atoms with Gasteiger partial charge in [-0.05, 0) is 31.7 Å². The highest BCUT2D eigenvalue weighted by Gasteiger charge is 2.23. The lowest BCUT2D eigenvalue weighted by molar-refractivity contribution is 0.0895. The van der Waals surface area contributed by atoms with Crippen LogP contribution in [-0.2, 0) is 0 Å². The molecule has 2 saturated carbocycles. The molecule has 2 rings (SSSR count). The van der Waals surface area contributed by atoms with Gasteiger partial charge < -0.3 is 10.4 Å². The summed E-state index contributed by atoms with van der Waals surface area (Å²) in [5.41, 5.74) is 0. The second-order valence-corrected chi connectivity index (χ2v) is 5.00. The first kappa shape index (κ1) is 10.4. The van der Waals surface area contributed by atoms with Crippen LogP contribution in [0, 0.1) is 5.92 Å². The van der Waals surface area contributed by atoms with Gasteiger partial charge in [0.05, 0.1) is 6.10 Å². The number of aliphatic hydroxyl groups excluding tert-OH is 1. The fraction of sp³-hybridized carbons (Fsp3) is 1.00. The molecule has 2 aliphatic carbocycles. The third kappa shape index (κ3) is 2.71. The molecule has 2 N–H and O–H groups in total. The first-order valence-corrected chi connectivity index (χ1v) is 6.28. The van der Waals surface area contributed by atoms with Gasteiger partial charge in [0.15, 0.2) is 0 Å². The van der Waals surface area contributed by atoms with Crippen LogP contribution in [0.25, 0.3) is 0 Å². The first-order valence-electron chi connectivity index (χ1n) is 6.28. The van der Waals surface area contributed by atoms with E-state index in [4.69, 9.17) is 0 Å². The molecule has 2 heteroatoms. The smallest absolute Gasteiger partial charge is 0.0693 e. The summed E-state index contributed by atoms with van der Waals surface area (Å²) >= 11 is 0. The average Bonchev–Trinajstić information content (AvgIpc) is 2.12. The van der Waals surface area contributed by atoms with E-state index in [2.05, 4.69) is 5.32 Å². The molecule has 2 nitrogen and oxygen atoms in total. The predicted molar refractivity (Wildman–Crippen MR) is 58.2 cm³/mol. The largest absolute Gasteiger partial charge is 0.392 e. The molecule has 0 bridgehead atoms. The zero-order valence-corrected chi connectivity index (χ0v) is 9.04. The Hall–Kier alpha value is -0.0800. The molecule has 0 aromatic rings. The highest BCUT2D eigenvalue weighted by atomic mass is 16.3. The molecule has 2 fully saturated rings. The molecule has 2 unspecified atom stereocenters. The van der Waals surface area contributed by atoms with Gasteiger partial charge in [0.2, 0.25) is 0 Å². The Bertz CT molecular complexity index is 168. The molecular weight excluding hydrogens is 174 g/mol. The third-order valence-corrected chi connectivity index (χ3v) is 3.91. The number of rotatable bonds is 4. The minimum Gasteiger partial charge on any atom is -0.392 e. The summed E-state index contributed by atoms with van der Waals surface area (Å²) in [5, 5.41) is 13.3. The van der Waals surface area contributed by atoms with E-state index in [1.807, 2.05) is 0 Å². The maximum atomic E-state index is 9.74. The molecular formula is C12H23NO. The first-order chi connectivity index (χ1) is 6.86. The van der Waals surface area contributed by atoms with E-state index in [-0.39, 0.29) is 6.10 Å². The fourth-order valence-electron chi connectivity index (χ4n) is 2.60. The lowest BCUT2D eigenvalue weighted by Gasteiger charge is -2.30. The molecule has 2 aliphatic rings. The van der Waals surface area contributed by atoms with Gasteiger partial charge >= 0.3 is 0 Å². The summed E-state index contributed by atoms with van der Waals surface area (Å²) in [6.07, 6.45) is 10.2. The topological polar surface area (TPSA) is 32.3 Å². The summed E-state index contributed by atoms with van der Waals surface area (Å²) in [4.78, 5) is 0. The van der Waals surface area contributed by atoms with Crippen LogP contribution < -0.4 is 5.32 Å². The maximum absolute atomic E-state index is 9.74. The van der Waals surface area contributed by atoms with Crippen molar-refractivity contribution >= 4 is 0 Å². The Morgan fingerprint density at radius 1 is 1.00 bits per heavy atom. The van der Waals surface area contributed by atoms with Crippen molar-refractivity contribution in [2.24, 2.45) is 5.92 Å². The Morgan fingerprint density at radius 3 is 2.43 bits per heavy atom. The van der Waals surface area contributed by atoms with Crippen molar-refractivity contribution in [1.82, 2.24) is 5.32 Å². The van der Waals surface area contributed by atoms with Gasteiger partial charge in [0.25, 0.3) is 0 Å². The van der Waals surface area contributed by atoms with Crippen molar-refractivity contribution in [2.75, 3.05) is 6.54 Å². The molecule has 0 aliphatic heterocycles. The van der Waals surface area contributed by atoms with Gasteiger partial charge in [-0.3, -0.25) is 0 Å². The minimum atomic E-state index is -0.0786. The standard InChI is InChI=1S/C12H23NO/c14-12-7-2-1-6-11(12)13-9-8-10-4-3-5-10/h10-14H,1-9H2. The van der Waals surface area contributed by atoms with Crippen molar-refractivity contribution in [2.45, 2.75) is 63.5 Å². The average molecular weight is 197 g/mol. The van der Waals surface area contributed by atoms with Crippen molar-refractivity contribution in [3.05, 3.63) is 0 Å². The van der Waals surface area contributed by atoms with Crippen LogP contribution in [0.3, 0.4) is 0 Å². The molecule has 0 aromatic carbocycles. The zero-order valence-electron chi connectivity index (χ0n) is 9.04. The second kappa shape index (κ2) is 5.13. The van der Waals surface area contributed by atoms with Crippen LogP contribution in [0.4, 0.5) is 0 Å². The van der Waals surface area contributed by atoms with E-state index in [0.29, 0.717) is 6.04 Å². The molecule has 0 amide bonds. The highest BCUT2D eigenvalue weighted by molar-refractivity contribution is 4.81. The van der Waals surface area contributed by atoms with Crippen LogP contribution in [0.15, 0.2) is 0 Å². The lowest BCUT2D eigenvalue weighted by atomic mass is 9.83. The monoisotopic (exact) mass is 197 g/mol. The maximum Gasteiger partial charge on any atom is 0.0693 e. The molecule has 0 saturated heterocycles. The summed E-state index contributed by atoms with van der Waals surface area (Å²) < 4.78 is 0. The van der Waals surface area contributed by atoms with Gasteiger partial charge in [0.1, 0.15) is 0 Å². The van der Waals surface area contributed by atoms with Crippen LogP contribution >= 0.6 is 0 Å². The van der Waals surface area contributed by atoms with E-state index in [9.17, 15) is 5.11 Å².